The average Bonchev–Trinajstić information content (AvgIpc) is 2.90. The molecule has 1 saturated heterocycles. The van der Waals surface area contributed by atoms with Gasteiger partial charge in [-0.3, -0.25) is 9.69 Å². The highest BCUT2D eigenvalue weighted by Gasteiger charge is 2.28. The number of amides is 1. The van der Waals surface area contributed by atoms with Gasteiger partial charge in [0.15, 0.2) is 0 Å². The predicted molar refractivity (Wildman–Crippen MR) is 92.0 cm³/mol. The molecule has 2 aromatic rings. The van der Waals surface area contributed by atoms with Crippen LogP contribution < -0.4 is 0 Å². The molecule has 1 fully saturated rings. The Kier molecular flexibility index (Phi) is 4.66. The van der Waals surface area contributed by atoms with Crippen molar-refractivity contribution in [1.82, 2.24) is 19.4 Å². The third kappa shape index (κ3) is 3.24. The number of carbonyl (C=O) groups excluding carboxylic acids is 1. The molecule has 0 N–H and O–H groups in total. The first kappa shape index (κ1) is 16.0. The summed E-state index contributed by atoms with van der Waals surface area (Å²) in [6.45, 7) is 5.50. The zero-order valence-electron chi connectivity index (χ0n) is 14.3. The number of rotatable bonds is 4. The maximum Gasteiger partial charge on any atom is 0.226 e. The van der Waals surface area contributed by atoms with E-state index in [1.165, 1.54) is 0 Å². The zero-order valence-corrected chi connectivity index (χ0v) is 14.3. The highest BCUT2D eigenvalue weighted by atomic mass is 16.2. The van der Waals surface area contributed by atoms with E-state index in [0.717, 1.165) is 55.9 Å². The molecule has 124 valence electrons. The largest absolute Gasteiger partial charge is 0.346 e. The summed E-state index contributed by atoms with van der Waals surface area (Å²) in [4.78, 5) is 21.4. The van der Waals surface area contributed by atoms with Crippen molar-refractivity contribution in [2.45, 2.75) is 26.3 Å². The minimum absolute atomic E-state index is 0.128. The summed E-state index contributed by atoms with van der Waals surface area (Å²) < 4.78 is 2.17. The lowest BCUT2D eigenvalue weighted by Gasteiger charge is -2.33. The summed E-state index contributed by atoms with van der Waals surface area (Å²) in [6, 6.07) is 8.22. The second-order valence-electron chi connectivity index (χ2n) is 6.50. The number of likely N-dealkylation sites (tertiary alicyclic amines) is 1. The summed E-state index contributed by atoms with van der Waals surface area (Å²) >= 11 is 0. The van der Waals surface area contributed by atoms with Gasteiger partial charge < -0.3 is 9.47 Å². The predicted octanol–water partition coefficient (Wildman–Crippen LogP) is 2.26. The van der Waals surface area contributed by atoms with Crippen molar-refractivity contribution >= 4 is 16.9 Å². The second kappa shape index (κ2) is 6.71. The summed E-state index contributed by atoms with van der Waals surface area (Å²) in [5.74, 6) is 1.48. The molecule has 1 amide bonds. The molecule has 23 heavy (non-hydrogen) atoms. The number of fused-ring (bicyclic) bond motifs is 1. The highest BCUT2D eigenvalue weighted by molar-refractivity contribution is 5.79. The Balaban J connectivity index is 1.72. The second-order valence-corrected chi connectivity index (χ2v) is 6.50. The van der Waals surface area contributed by atoms with E-state index in [2.05, 4.69) is 28.6 Å². The van der Waals surface area contributed by atoms with Crippen LogP contribution >= 0.6 is 0 Å². The maximum atomic E-state index is 12.4. The number of piperidine rings is 1. The Morgan fingerprint density at radius 3 is 2.91 bits per heavy atom. The minimum atomic E-state index is 0.128. The third-order valence-electron chi connectivity index (χ3n) is 4.95. The highest BCUT2D eigenvalue weighted by Crippen LogP contribution is 2.21. The van der Waals surface area contributed by atoms with Gasteiger partial charge in [-0.05, 0) is 38.4 Å². The number of hydrogen-bond acceptors (Lipinski definition) is 3. The molecule has 0 bridgehead atoms. The topological polar surface area (TPSA) is 41.4 Å². The van der Waals surface area contributed by atoms with E-state index < -0.39 is 0 Å². The molecule has 3 rings (SSSR count). The van der Waals surface area contributed by atoms with Crippen LogP contribution in [0.5, 0.6) is 0 Å². The fourth-order valence-corrected chi connectivity index (χ4v) is 3.41. The molecular weight excluding hydrogens is 288 g/mol. The molecule has 0 radical (unpaired) electrons. The number of nitrogens with zero attached hydrogens (tertiary/aromatic N) is 4. The fourth-order valence-electron chi connectivity index (χ4n) is 3.41. The van der Waals surface area contributed by atoms with Gasteiger partial charge in [0.05, 0.1) is 23.5 Å². The Hall–Kier alpha value is -1.88. The molecule has 2 heterocycles. The summed E-state index contributed by atoms with van der Waals surface area (Å²) in [5, 5.41) is 0. The van der Waals surface area contributed by atoms with Gasteiger partial charge in [0.1, 0.15) is 5.82 Å². The first-order chi connectivity index (χ1) is 11.1. The van der Waals surface area contributed by atoms with Crippen LogP contribution in [-0.4, -0.2) is 51.9 Å². The first-order valence-corrected chi connectivity index (χ1v) is 8.47. The quantitative estimate of drug-likeness (QED) is 0.869. The standard InChI is InChI=1S/C18H26N4O/c1-4-20(2)18(23)14-8-7-11-22(12-14)13-17-19-15-9-5-6-10-16(15)21(17)3/h5-6,9-10,14H,4,7-8,11-13H2,1-3H3/t14-/m1/s1. The van der Waals surface area contributed by atoms with E-state index in [9.17, 15) is 4.79 Å². The maximum absolute atomic E-state index is 12.4. The number of imidazole rings is 1. The van der Waals surface area contributed by atoms with Crippen LogP contribution in [0.15, 0.2) is 24.3 Å². The molecule has 1 aromatic carbocycles. The summed E-state index contributed by atoms with van der Waals surface area (Å²) in [7, 11) is 3.97. The molecule has 5 heteroatoms. The lowest BCUT2D eigenvalue weighted by molar-refractivity contribution is -0.135. The van der Waals surface area contributed by atoms with Gasteiger partial charge in [-0.25, -0.2) is 4.98 Å². The minimum Gasteiger partial charge on any atom is -0.346 e. The molecule has 0 aliphatic carbocycles. The zero-order chi connectivity index (χ0) is 16.4. The van der Waals surface area contributed by atoms with E-state index in [4.69, 9.17) is 4.98 Å². The van der Waals surface area contributed by atoms with Gasteiger partial charge in [0.25, 0.3) is 0 Å². The molecule has 1 atom stereocenters. The SMILES string of the molecule is CCN(C)C(=O)[C@@H]1CCCN(Cc2nc3ccccc3n2C)C1. The first-order valence-electron chi connectivity index (χ1n) is 8.47. The van der Waals surface area contributed by atoms with Crippen molar-refractivity contribution in [3.05, 3.63) is 30.1 Å². The van der Waals surface area contributed by atoms with Crippen LogP contribution in [0.4, 0.5) is 0 Å². The van der Waals surface area contributed by atoms with E-state index in [0.29, 0.717) is 0 Å². The molecule has 1 aromatic heterocycles. The molecular formula is C18H26N4O. The van der Waals surface area contributed by atoms with Crippen molar-refractivity contribution in [1.29, 1.82) is 0 Å². The van der Waals surface area contributed by atoms with Gasteiger partial charge >= 0.3 is 0 Å². The Bertz CT molecular complexity index is 693. The van der Waals surface area contributed by atoms with Crippen LogP contribution in [-0.2, 0) is 18.4 Å². The number of aryl methyl sites for hydroxylation is 1. The Labute approximate surface area is 137 Å². The molecule has 1 aliphatic rings. The van der Waals surface area contributed by atoms with Gasteiger partial charge in [0, 0.05) is 27.2 Å². The summed E-state index contributed by atoms with van der Waals surface area (Å²) in [5.41, 5.74) is 2.21. The fraction of sp³-hybridized carbons (Fsp3) is 0.556. The van der Waals surface area contributed by atoms with Crippen LogP contribution in [0.1, 0.15) is 25.6 Å². The Morgan fingerprint density at radius 2 is 2.17 bits per heavy atom. The van der Waals surface area contributed by atoms with Crippen molar-refractivity contribution in [2.24, 2.45) is 13.0 Å². The van der Waals surface area contributed by atoms with Crippen molar-refractivity contribution in [3.8, 4) is 0 Å². The molecule has 5 nitrogen and oxygen atoms in total. The number of para-hydroxylation sites is 2. The molecule has 0 spiro atoms. The third-order valence-corrected chi connectivity index (χ3v) is 4.95. The lowest BCUT2D eigenvalue weighted by atomic mass is 9.96. The molecule has 1 aliphatic heterocycles. The van der Waals surface area contributed by atoms with Crippen molar-refractivity contribution < 1.29 is 4.79 Å². The van der Waals surface area contributed by atoms with Crippen molar-refractivity contribution in [3.63, 3.8) is 0 Å². The van der Waals surface area contributed by atoms with Crippen LogP contribution in [0.25, 0.3) is 11.0 Å². The molecule has 0 unspecified atom stereocenters. The smallest absolute Gasteiger partial charge is 0.226 e. The van der Waals surface area contributed by atoms with Crippen molar-refractivity contribution in [2.75, 3.05) is 26.7 Å². The van der Waals surface area contributed by atoms with Gasteiger partial charge in [-0.1, -0.05) is 12.1 Å². The Morgan fingerprint density at radius 1 is 1.39 bits per heavy atom. The summed E-state index contributed by atoms with van der Waals surface area (Å²) in [6.07, 6.45) is 2.08. The van der Waals surface area contributed by atoms with E-state index in [-0.39, 0.29) is 11.8 Å². The average molecular weight is 314 g/mol. The molecule has 0 saturated carbocycles. The number of hydrogen-bond donors (Lipinski definition) is 0. The van der Waals surface area contributed by atoms with Crippen LogP contribution in [0.2, 0.25) is 0 Å². The monoisotopic (exact) mass is 314 g/mol. The van der Waals surface area contributed by atoms with Crippen LogP contribution in [0.3, 0.4) is 0 Å². The lowest BCUT2D eigenvalue weighted by Crippen LogP contribution is -2.43. The number of benzene rings is 1. The van der Waals surface area contributed by atoms with Crippen LogP contribution in [0, 0.1) is 5.92 Å². The van der Waals surface area contributed by atoms with E-state index in [1.807, 2.05) is 31.0 Å². The number of aromatic nitrogens is 2. The number of carbonyl (C=O) groups is 1. The normalized spacial score (nSPS) is 19.2. The van der Waals surface area contributed by atoms with Gasteiger partial charge in [0.2, 0.25) is 5.91 Å². The van der Waals surface area contributed by atoms with E-state index in [1.54, 1.807) is 0 Å². The van der Waals surface area contributed by atoms with E-state index >= 15 is 0 Å². The van der Waals surface area contributed by atoms with Gasteiger partial charge in [-0.2, -0.15) is 0 Å². The van der Waals surface area contributed by atoms with Gasteiger partial charge in [-0.15, -0.1) is 0 Å².